The van der Waals surface area contributed by atoms with Crippen LogP contribution < -0.4 is 0 Å². The molecule has 0 radical (unpaired) electrons. The fourth-order valence-corrected chi connectivity index (χ4v) is 3.15. The van der Waals surface area contributed by atoms with Gasteiger partial charge in [0.1, 0.15) is 30.1 Å². The van der Waals surface area contributed by atoms with Crippen molar-refractivity contribution in [2.24, 2.45) is 0 Å². The third-order valence-electron chi connectivity index (χ3n) is 3.36. The lowest BCUT2D eigenvalue weighted by Crippen LogP contribution is -2.27. The zero-order valence-electron chi connectivity index (χ0n) is 11.5. The molecule has 2 aromatic heterocycles. The van der Waals surface area contributed by atoms with E-state index in [-0.39, 0.29) is 25.0 Å². The van der Waals surface area contributed by atoms with Crippen molar-refractivity contribution in [3.05, 3.63) is 18.9 Å². The van der Waals surface area contributed by atoms with Crippen molar-refractivity contribution >= 4 is 32.8 Å². The Morgan fingerprint density at radius 2 is 2.43 bits per heavy atom. The number of aromatic nitrogens is 4. The molecule has 3 atom stereocenters. The molecule has 1 N–H and O–H groups in total. The number of aliphatic hydroxyl groups excluding tert-OH is 1. The fourth-order valence-electron chi connectivity index (χ4n) is 2.37. The molecule has 2 unspecified atom stereocenters. The molecule has 0 saturated carbocycles. The lowest BCUT2D eigenvalue weighted by molar-refractivity contribution is -0.0532. The molecule has 114 valence electrons. The van der Waals surface area contributed by atoms with E-state index in [1.807, 2.05) is 10.8 Å². The summed E-state index contributed by atoms with van der Waals surface area (Å²) in [6.45, 7) is -0.0628. The maximum atomic E-state index is 9.45. The second-order valence-electron chi connectivity index (χ2n) is 4.54. The first kappa shape index (κ1) is 15.0. The van der Waals surface area contributed by atoms with Crippen LogP contribution in [-0.2, 0) is 9.47 Å². The Hall–Kier alpha value is -0.870. The third kappa shape index (κ3) is 3.16. The van der Waals surface area contributed by atoms with Gasteiger partial charge in [0, 0.05) is 6.42 Å². The van der Waals surface area contributed by atoms with Crippen LogP contribution in [0, 0.1) is 0 Å². The van der Waals surface area contributed by atoms with Crippen LogP contribution in [0.25, 0.3) is 11.2 Å². The monoisotopic (exact) mass is 328 g/mol. The van der Waals surface area contributed by atoms with Crippen molar-refractivity contribution in [1.82, 2.24) is 19.5 Å². The average Bonchev–Trinajstić information content (AvgIpc) is 3.11. The molecule has 7 nitrogen and oxygen atoms in total. The lowest BCUT2D eigenvalue weighted by Gasteiger charge is -2.15. The molecular weight excluding hydrogens is 312 g/mol. The number of fused-ring (bicyclic) bond motifs is 1. The second-order valence-corrected chi connectivity index (χ2v) is 7.05. The topological polar surface area (TPSA) is 82.3 Å². The minimum Gasteiger partial charge on any atom is -0.394 e. The number of hydrogen-bond acceptors (Lipinski definition) is 8. The molecule has 0 spiro atoms. The van der Waals surface area contributed by atoms with Crippen molar-refractivity contribution in [2.75, 3.05) is 18.8 Å². The van der Waals surface area contributed by atoms with Crippen molar-refractivity contribution in [1.29, 1.82) is 0 Å². The first-order valence-corrected chi connectivity index (χ1v) is 9.22. The molecule has 0 amide bonds. The Morgan fingerprint density at radius 1 is 1.52 bits per heavy atom. The van der Waals surface area contributed by atoms with Gasteiger partial charge in [-0.25, -0.2) is 15.0 Å². The number of aliphatic hydroxyl groups is 1. The first-order valence-electron chi connectivity index (χ1n) is 6.49. The molecule has 3 rings (SSSR count). The van der Waals surface area contributed by atoms with E-state index < -0.39 is 0 Å². The van der Waals surface area contributed by atoms with Gasteiger partial charge in [0.25, 0.3) is 0 Å². The van der Waals surface area contributed by atoms with E-state index in [1.54, 1.807) is 34.1 Å². The summed E-state index contributed by atoms with van der Waals surface area (Å²) in [5.74, 6) is 0.575. The summed E-state index contributed by atoms with van der Waals surface area (Å²) in [5.41, 5.74) is 1.45. The fraction of sp³-hybridized carbons (Fsp3) is 0.583. The Balaban J connectivity index is 1.74. The molecule has 21 heavy (non-hydrogen) atoms. The molecule has 2 aromatic rings. The minimum atomic E-state index is -0.322. The van der Waals surface area contributed by atoms with Gasteiger partial charge in [-0.2, -0.15) is 0 Å². The largest absolute Gasteiger partial charge is 0.394 e. The highest BCUT2D eigenvalue weighted by atomic mass is 33.1. The van der Waals surface area contributed by atoms with Crippen LogP contribution in [0.15, 0.2) is 18.9 Å². The smallest absolute Gasteiger partial charge is 0.165 e. The van der Waals surface area contributed by atoms with E-state index in [1.165, 1.54) is 6.33 Å². The van der Waals surface area contributed by atoms with Gasteiger partial charge in [-0.3, -0.25) is 4.57 Å². The normalized spacial score (nSPS) is 25.7. The molecule has 9 heteroatoms. The summed E-state index contributed by atoms with van der Waals surface area (Å²) in [6, 6.07) is 0. The predicted molar refractivity (Wildman–Crippen MR) is 81.8 cm³/mol. The van der Waals surface area contributed by atoms with Gasteiger partial charge < -0.3 is 14.6 Å². The van der Waals surface area contributed by atoms with E-state index in [0.717, 1.165) is 11.2 Å². The van der Waals surface area contributed by atoms with E-state index >= 15 is 0 Å². The highest BCUT2D eigenvalue weighted by Crippen LogP contribution is 2.33. The molecule has 1 saturated heterocycles. The molecule has 0 aromatic carbocycles. The zero-order chi connectivity index (χ0) is 14.7. The van der Waals surface area contributed by atoms with Crippen LogP contribution in [-0.4, -0.2) is 55.6 Å². The van der Waals surface area contributed by atoms with Gasteiger partial charge >= 0.3 is 0 Å². The molecular formula is C12H16N4O3S2. The number of hydrogen-bond donors (Lipinski definition) is 1. The average molecular weight is 328 g/mol. The SMILES string of the molecule is CSSCOC1C[C@H](n2cnc3cncnc32)OC1CO. The first-order chi connectivity index (χ1) is 10.3. The van der Waals surface area contributed by atoms with E-state index in [0.29, 0.717) is 12.4 Å². The van der Waals surface area contributed by atoms with Crippen LogP contribution in [0.2, 0.25) is 0 Å². The second kappa shape index (κ2) is 6.93. The van der Waals surface area contributed by atoms with Gasteiger partial charge in [0.2, 0.25) is 0 Å². The maximum Gasteiger partial charge on any atom is 0.165 e. The summed E-state index contributed by atoms with van der Waals surface area (Å²) in [4.78, 5) is 12.4. The molecule has 1 aliphatic heterocycles. The van der Waals surface area contributed by atoms with Crippen molar-refractivity contribution in [2.45, 2.75) is 24.9 Å². The summed E-state index contributed by atoms with van der Waals surface area (Å²) < 4.78 is 13.5. The molecule has 1 fully saturated rings. The van der Waals surface area contributed by atoms with Crippen LogP contribution >= 0.6 is 21.6 Å². The number of imidazole rings is 1. The summed E-state index contributed by atoms with van der Waals surface area (Å²) >= 11 is 0. The summed E-state index contributed by atoms with van der Waals surface area (Å²) in [6.07, 6.45) is 6.83. The predicted octanol–water partition coefficient (Wildman–Crippen LogP) is 1.46. The van der Waals surface area contributed by atoms with Gasteiger partial charge in [-0.15, -0.1) is 0 Å². The Kier molecular flexibility index (Phi) is 4.96. The van der Waals surface area contributed by atoms with Crippen LogP contribution in [0.5, 0.6) is 0 Å². The van der Waals surface area contributed by atoms with E-state index in [9.17, 15) is 5.11 Å². The minimum absolute atomic E-state index is 0.0628. The quantitative estimate of drug-likeness (QED) is 0.485. The summed E-state index contributed by atoms with van der Waals surface area (Å²) in [5, 5.41) is 9.45. The molecule has 1 aliphatic rings. The van der Waals surface area contributed by atoms with Crippen molar-refractivity contribution < 1.29 is 14.6 Å². The van der Waals surface area contributed by atoms with Crippen LogP contribution in [0.4, 0.5) is 0 Å². The third-order valence-corrected chi connectivity index (χ3v) is 4.82. The van der Waals surface area contributed by atoms with E-state index in [4.69, 9.17) is 9.47 Å². The Morgan fingerprint density at radius 3 is 3.24 bits per heavy atom. The zero-order valence-corrected chi connectivity index (χ0v) is 13.1. The number of ether oxygens (including phenoxy) is 2. The van der Waals surface area contributed by atoms with Gasteiger partial charge in [0.05, 0.1) is 25.2 Å². The van der Waals surface area contributed by atoms with Gasteiger partial charge in [-0.05, 0) is 6.26 Å². The Bertz CT molecular complexity index is 597. The van der Waals surface area contributed by atoms with Gasteiger partial charge in [0.15, 0.2) is 5.65 Å². The molecule has 0 bridgehead atoms. The Labute approximate surface area is 129 Å². The summed E-state index contributed by atoms with van der Waals surface area (Å²) in [7, 11) is 3.28. The number of nitrogens with zero attached hydrogens (tertiary/aromatic N) is 4. The number of rotatable bonds is 6. The highest BCUT2D eigenvalue weighted by molar-refractivity contribution is 8.76. The van der Waals surface area contributed by atoms with Crippen molar-refractivity contribution in [3.8, 4) is 0 Å². The molecule has 0 aliphatic carbocycles. The van der Waals surface area contributed by atoms with Gasteiger partial charge in [-0.1, -0.05) is 21.6 Å². The van der Waals surface area contributed by atoms with Crippen LogP contribution in [0.1, 0.15) is 12.6 Å². The molecule has 3 heterocycles. The van der Waals surface area contributed by atoms with Crippen molar-refractivity contribution in [3.63, 3.8) is 0 Å². The van der Waals surface area contributed by atoms with Crippen LogP contribution in [0.3, 0.4) is 0 Å². The maximum absolute atomic E-state index is 9.45. The standard InChI is InChI=1S/C12H16N4O3S2/c1-20-21-7-18-9-2-11(19-10(9)4-17)16-6-15-8-3-13-5-14-12(8)16/h3,5-6,9-11,17H,2,4,7H2,1H3/t9?,10?,11-/m1/s1. The highest BCUT2D eigenvalue weighted by Gasteiger charge is 2.37. The lowest BCUT2D eigenvalue weighted by atomic mass is 10.2. The van der Waals surface area contributed by atoms with E-state index in [2.05, 4.69) is 15.0 Å².